The monoisotopic (exact) mass is 264 g/mol. The molecule has 3 nitrogen and oxygen atoms in total. The lowest BCUT2D eigenvalue weighted by Crippen LogP contribution is -2.39. The molecule has 0 heterocycles. The summed E-state index contributed by atoms with van der Waals surface area (Å²) in [5, 5.41) is 6.99. The molecule has 3 heteroatoms. The van der Waals surface area contributed by atoms with Crippen LogP contribution in [0.15, 0.2) is 30.3 Å². The molecule has 2 unspecified atom stereocenters. The highest BCUT2D eigenvalue weighted by molar-refractivity contribution is 5.19. The van der Waals surface area contributed by atoms with E-state index in [2.05, 4.69) is 54.8 Å². The van der Waals surface area contributed by atoms with E-state index in [1.807, 2.05) is 0 Å². The largest absolute Gasteiger partial charge is 0.383 e. The van der Waals surface area contributed by atoms with Crippen LogP contribution in [0, 0.1) is 0 Å². The number of benzene rings is 1. The molecular weight excluding hydrogens is 236 g/mol. The van der Waals surface area contributed by atoms with Crippen LogP contribution in [0.2, 0.25) is 0 Å². The van der Waals surface area contributed by atoms with Crippen LogP contribution in [-0.2, 0) is 4.74 Å². The van der Waals surface area contributed by atoms with Crippen LogP contribution in [0.3, 0.4) is 0 Å². The van der Waals surface area contributed by atoms with E-state index in [4.69, 9.17) is 4.74 Å². The van der Waals surface area contributed by atoms with Crippen molar-refractivity contribution in [2.24, 2.45) is 0 Å². The number of rotatable bonds is 10. The second kappa shape index (κ2) is 9.96. The van der Waals surface area contributed by atoms with Gasteiger partial charge in [-0.2, -0.15) is 0 Å². The van der Waals surface area contributed by atoms with E-state index >= 15 is 0 Å². The molecule has 0 radical (unpaired) electrons. The molecule has 0 saturated heterocycles. The van der Waals surface area contributed by atoms with E-state index in [0.29, 0.717) is 12.0 Å². The Labute approximate surface area is 117 Å². The first-order valence-electron chi connectivity index (χ1n) is 7.25. The normalized spacial score (nSPS) is 14.3. The van der Waals surface area contributed by atoms with Crippen molar-refractivity contribution in [3.05, 3.63) is 35.9 Å². The lowest BCUT2D eigenvalue weighted by Gasteiger charge is -2.20. The van der Waals surface area contributed by atoms with Crippen LogP contribution >= 0.6 is 0 Å². The van der Waals surface area contributed by atoms with Gasteiger partial charge in [-0.1, -0.05) is 37.3 Å². The van der Waals surface area contributed by atoms with Crippen LogP contribution in [0.25, 0.3) is 0 Å². The molecule has 0 bridgehead atoms. The van der Waals surface area contributed by atoms with Crippen molar-refractivity contribution in [2.45, 2.75) is 32.2 Å². The maximum atomic E-state index is 5.01. The van der Waals surface area contributed by atoms with E-state index in [1.165, 1.54) is 12.0 Å². The summed E-state index contributed by atoms with van der Waals surface area (Å²) in [5.74, 6) is 0.600. The van der Waals surface area contributed by atoms with Gasteiger partial charge in [0.05, 0.1) is 6.61 Å². The predicted molar refractivity (Wildman–Crippen MR) is 81.7 cm³/mol. The second-order valence-corrected chi connectivity index (χ2v) is 5.02. The molecule has 0 aliphatic rings. The van der Waals surface area contributed by atoms with Crippen molar-refractivity contribution < 1.29 is 4.74 Å². The zero-order valence-corrected chi connectivity index (χ0v) is 12.5. The number of nitrogens with one attached hydrogen (secondary N) is 2. The van der Waals surface area contributed by atoms with Crippen molar-refractivity contribution >= 4 is 0 Å². The van der Waals surface area contributed by atoms with Crippen LogP contribution in [0.4, 0.5) is 0 Å². The van der Waals surface area contributed by atoms with E-state index in [-0.39, 0.29) is 0 Å². The summed E-state index contributed by atoms with van der Waals surface area (Å²) in [6.45, 7) is 8.17. The van der Waals surface area contributed by atoms with E-state index in [9.17, 15) is 0 Å². The first-order chi connectivity index (χ1) is 9.27. The highest BCUT2D eigenvalue weighted by Gasteiger charge is 2.10. The molecule has 0 aromatic heterocycles. The lowest BCUT2D eigenvalue weighted by atomic mass is 9.96. The first kappa shape index (κ1) is 16.2. The minimum Gasteiger partial charge on any atom is -0.383 e. The number of hydrogen-bond donors (Lipinski definition) is 2. The van der Waals surface area contributed by atoms with Crippen molar-refractivity contribution in [1.29, 1.82) is 0 Å². The quantitative estimate of drug-likeness (QED) is 0.637. The van der Waals surface area contributed by atoms with Gasteiger partial charge in [-0.25, -0.2) is 0 Å². The van der Waals surface area contributed by atoms with Crippen molar-refractivity contribution in [3.8, 4) is 0 Å². The molecular formula is C16H28N2O. The molecule has 2 N–H and O–H groups in total. The Kier molecular flexibility index (Phi) is 8.47. The number of hydrogen-bond acceptors (Lipinski definition) is 3. The minimum absolute atomic E-state index is 0.481. The van der Waals surface area contributed by atoms with Gasteiger partial charge in [0, 0.05) is 32.8 Å². The molecule has 0 amide bonds. The molecule has 108 valence electrons. The fraction of sp³-hybridized carbons (Fsp3) is 0.625. The summed E-state index contributed by atoms with van der Waals surface area (Å²) in [6.07, 6.45) is 1.17. The van der Waals surface area contributed by atoms with Crippen LogP contribution in [-0.4, -0.2) is 39.4 Å². The van der Waals surface area contributed by atoms with E-state index in [0.717, 1.165) is 26.2 Å². The molecule has 1 rings (SSSR count). The van der Waals surface area contributed by atoms with Gasteiger partial charge in [-0.15, -0.1) is 0 Å². The van der Waals surface area contributed by atoms with Gasteiger partial charge < -0.3 is 15.4 Å². The Hall–Kier alpha value is -0.900. The highest BCUT2D eigenvalue weighted by Crippen LogP contribution is 2.17. The van der Waals surface area contributed by atoms with Crippen molar-refractivity contribution in [2.75, 3.05) is 33.4 Å². The van der Waals surface area contributed by atoms with Gasteiger partial charge in [-0.3, -0.25) is 0 Å². The fourth-order valence-corrected chi connectivity index (χ4v) is 2.13. The van der Waals surface area contributed by atoms with Gasteiger partial charge >= 0.3 is 0 Å². The standard InChI is InChI=1S/C16H28N2O/c1-4-15(16-8-6-5-7-9-16)13-18-14(2)12-17-10-11-19-3/h5-9,14-15,17-18H,4,10-13H2,1-3H3. The predicted octanol–water partition coefficient (Wildman–Crippen LogP) is 2.39. The maximum absolute atomic E-state index is 5.01. The molecule has 19 heavy (non-hydrogen) atoms. The Morgan fingerprint density at radius 2 is 1.89 bits per heavy atom. The Morgan fingerprint density at radius 1 is 1.16 bits per heavy atom. The smallest absolute Gasteiger partial charge is 0.0587 e. The molecule has 0 spiro atoms. The number of ether oxygens (including phenoxy) is 1. The van der Waals surface area contributed by atoms with Gasteiger partial charge in [0.25, 0.3) is 0 Å². The molecule has 0 fully saturated rings. The molecule has 0 aliphatic carbocycles. The summed E-state index contributed by atoms with van der Waals surface area (Å²) in [6, 6.07) is 11.2. The average Bonchev–Trinajstić information content (AvgIpc) is 2.45. The van der Waals surface area contributed by atoms with Crippen LogP contribution in [0.1, 0.15) is 31.7 Å². The maximum Gasteiger partial charge on any atom is 0.0587 e. The molecule has 1 aromatic carbocycles. The Morgan fingerprint density at radius 3 is 2.53 bits per heavy atom. The lowest BCUT2D eigenvalue weighted by molar-refractivity contribution is 0.198. The molecule has 1 aromatic rings. The third-order valence-electron chi connectivity index (χ3n) is 3.41. The van der Waals surface area contributed by atoms with Crippen molar-refractivity contribution in [3.63, 3.8) is 0 Å². The summed E-state index contributed by atoms with van der Waals surface area (Å²) < 4.78 is 5.01. The van der Waals surface area contributed by atoms with Crippen LogP contribution < -0.4 is 10.6 Å². The Balaban J connectivity index is 2.25. The third-order valence-corrected chi connectivity index (χ3v) is 3.41. The first-order valence-corrected chi connectivity index (χ1v) is 7.25. The second-order valence-electron chi connectivity index (χ2n) is 5.02. The van der Waals surface area contributed by atoms with Gasteiger partial charge in [0.1, 0.15) is 0 Å². The fourth-order valence-electron chi connectivity index (χ4n) is 2.13. The minimum atomic E-state index is 0.481. The summed E-state index contributed by atoms with van der Waals surface area (Å²) in [5.41, 5.74) is 1.43. The zero-order valence-electron chi connectivity index (χ0n) is 12.5. The third kappa shape index (κ3) is 6.71. The van der Waals surface area contributed by atoms with Gasteiger partial charge in [-0.05, 0) is 24.8 Å². The summed E-state index contributed by atoms with van der Waals surface area (Å²) >= 11 is 0. The number of methoxy groups -OCH3 is 1. The van der Waals surface area contributed by atoms with E-state index in [1.54, 1.807) is 7.11 Å². The van der Waals surface area contributed by atoms with E-state index < -0.39 is 0 Å². The highest BCUT2D eigenvalue weighted by atomic mass is 16.5. The average molecular weight is 264 g/mol. The van der Waals surface area contributed by atoms with Crippen molar-refractivity contribution in [1.82, 2.24) is 10.6 Å². The topological polar surface area (TPSA) is 33.3 Å². The zero-order chi connectivity index (χ0) is 13.9. The molecule has 0 saturated carbocycles. The SMILES string of the molecule is CCC(CNC(C)CNCCOC)c1ccccc1. The van der Waals surface area contributed by atoms with Gasteiger partial charge in [0.2, 0.25) is 0 Å². The summed E-state index contributed by atoms with van der Waals surface area (Å²) in [4.78, 5) is 0. The Bertz CT molecular complexity index is 316. The van der Waals surface area contributed by atoms with Gasteiger partial charge in [0.15, 0.2) is 0 Å². The summed E-state index contributed by atoms with van der Waals surface area (Å²) in [7, 11) is 1.73. The molecule has 2 atom stereocenters. The van der Waals surface area contributed by atoms with Crippen LogP contribution in [0.5, 0.6) is 0 Å². The molecule has 0 aliphatic heterocycles.